The molecule has 2 bridgehead atoms. The van der Waals surface area contributed by atoms with Crippen molar-refractivity contribution in [3.05, 3.63) is 11.6 Å². The van der Waals surface area contributed by atoms with Crippen molar-refractivity contribution in [1.82, 2.24) is 0 Å². The molecule has 2 heteroatoms. The summed E-state index contributed by atoms with van der Waals surface area (Å²) in [6.07, 6.45) is 3.50. The molecule has 3 atom stereocenters. The summed E-state index contributed by atoms with van der Waals surface area (Å²) < 4.78 is 5.38. The molecule has 1 fully saturated rings. The van der Waals surface area contributed by atoms with E-state index in [1.165, 1.54) is 12.5 Å². The second kappa shape index (κ2) is 2.85. The van der Waals surface area contributed by atoms with E-state index in [2.05, 4.69) is 26.8 Å². The SMILES string of the molecule is CC(=O)OC1[C@H]2C(C)=CC[C@@H]1C2(C)C. The average Bonchev–Trinajstić information content (AvgIpc) is 2.01. The van der Waals surface area contributed by atoms with Gasteiger partial charge in [-0.15, -0.1) is 0 Å². The van der Waals surface area contributed by atoms with Crippen LogP contribution in [0.3, 0.4) is 0 Å². The molecular weight excluding hydrogens is 176 g/mol. The molecule has 0 radical (unpaired) electrons. The quantitative estimate of drug-likeness (QED) is 0.473. The summed E-state index contributed by atoms with van der Waals surface area (Å²) in [5, 5.41) is 0. The van der Waals surface area contributed by atoms with Gasteiger partial charge >= 0.3 is 5.97 Å². The number of fused-ring (bicyclic) bond motifs is 1. The molecule has 0 amide bonds. The normalized spacial score (nSPS) is 38.3. The van der Waals surface area contributed by atoms with E-state index in [-0.39, 0.29) is 12.1 Å². The zero-order chi connectivity index (χ0) is 10.5. The highest BCUT2D eigenvalue weighted by atomic mass is 16.5. The molecule has 0 saturated heterocycles. The summed E-state index contributed by atoms with van der Waals surface area (Å²) in [6.45, 7) is 8.20. The van der Waals surface area contributed by atoms with E-state index in [1.54, 1.807) is 0 Å². The maximum atomic E-state index is 11.0. The van der Waals surface area contributed by atoms with Gasteiger partial charge in [-0.05, 0) is 18.8 Å². The lowest BCUT2D eigenvalue weighted by molar-refractivity contribution is -0.190. The Bertz CT molecular complexity index is 301. The number of rotatable bonds is 1. The van der Waals surface area contributed by atoms with Gasteiger partial charge in [-0.2, -0.15) is 0 Å². The Balaban J connectivity index is 2.20. The number of carbonyl (C=O) groups excluding carboxylic acids is 1. The lowest BCUT2D eigenvalue weighted by Gasteiger charge is -2.60. The molecule has 78 valence electrons. The summed E-state index contributed by atoms with van der Waals surface area (Å²) in [7, 11) is 0. The highest BCUT2D eigenvalue weighted by Crippen LogP contribution is 2.60. The predicted molar refractivity (Wildman–Crippen MR) is 54.7 cm³/mol. The molecule has 3 aliphatic rings. The number of hydrogen-bond donors (Lipinski definition) is 0. The van der Waals surface area contributed by atoms with Crippen molar-refractivity contribution >= 4 is 5.97 Å². The van der Waals surface area contributed by atoms with Gasteiger partial charge < -0.3 is 4.74 Å². The molecule has 0 spiro atoms. The molecule has 0 N–H and O–H groups in total. The number of esters is 1. The van der Waals surface area contributed by atoms with Crippen molar-refractivity contribution in [3.63, 3.8) is 0 Å². The van der Waals surface area contributed by atoms with Crippen LogP contribution in [0.25, 0.3) is 0 Å². The summed E-state index contributed by atoms with van der Waals surface area (Å²) in [6, 6.07) is 0. The second-order valence-corrected chi connectivity index (χ2v) is 5.16. The Hall–Kier alpha value is -0.790. The molecule has 0 aromatic rings. The topological polar surface area (TPSA) is 26.3 Å². The van der Waals surface area contributed by atoms with Crippen LogP contribution in [0.2, 0.25) is 0 Å². The zero-order valence-electron chi connectivity index (χ0n) is 9.33. The molecule has 3 aliphatic carbocycles. The van der Waals surface area contributed by atoms with E-state index in [9.17, 15) is 4.79 Å². The molecule has 0 heterocycles. The van der Waals surface area contributed by atoms with Crippen molar-refractivity contribution < 1.29 is 9.53 Å². The first-order valence-corrected chi connectivity index (χ1v) is 5.28. The lowest BCUT2D eigenvalue weighted by Crippen LogP contribution is -2.61. The molecular formula is C12H18O2. The number of hydrogen-bond acceptors (Lipinski definition) is 2. The van der Waals surface area contributed by atoms with E-state index >= 15 is 0 Å². The Morgan fingerprint density at radius 3 is 2.64 bits per heavy atom. The molecule has 0 aliphatic heterocycles. The largest absolute Gasteiger partial charge is 0.462 e. The van der Waals surface area contributed by atoms with Crippen molar-refractivity contribution in [3.8, 4) is 0 Å². The van der Waals surface area contributed by atoms with E-state index in [0.29, 0.717) is 17.3 Å². The van der Waals surface area contributed by atoms with Gasteiger partial charge in [-0.1, -0.05) is 25.5 Å². The Morgan fingerprint density at radius 2 is 2.21 bits per heavy atom. The first-order chi connectivity index (χ1) is 6.44. The summed E-state index contributed by atoms with van der Waals surface area (Å²) in [4.78, 5) is 11.0. The second-order valence-electron chi connectivity index (χ2n) is 5.16. The number of allylic oxidation sites excluding steroid dienone is 1. The highest BCUT2D eigenvalue weighted by molar-refractivity contribution is 5.66. The van der Waals surface area contributed by atoms with Gasteiger partial charge in [0.25, 0.3) is 0 Å². The monoisotopic (exact) mass is 194 g/mol. The number of ether oxygens (including phenoxy) is 1. The van der Waals surface area contributed by atoms with Crippen LogP contribution in [0, 0.1) is 17.3 Å². The first kappa shape index (κ1) is 9.75. The average molecular weight is 194 g/mol. The molecule has 3 rings (SSSR count). The summed E-state index contributed by atoms with van der Waals surface area (Å²) >= 11 is 0. The fourth-order valence-electron chi connectivity index (χ4n) is 3.26. The van der Waals surface area contributed by atoms with Crippen molar-refractivity contribution in [2.45, 2.75) is 40.2 Å². The Labute approximate surface area is 85.3 Å². The lowest BCUT2D eigenvalue weighted by atomic mass is 9.47. The van der Waals surface area contributed by atoms with E-state index in [4.69, 9.17) is 4.74 Å². The fraction of sp³-hybridized carbons (Fsp3) is 0.750. The van der Waals surface area contributed by atoms with Crippen LogP contribution in [-0.4, -0.2) is 12.1 Å². The van der Waals surface area contributed by atoms with Crippen LogP contribution in [0.1, 0.15) is 34.1 Å². The van der Waals surface area contributed by atoms with Gasteiger partial charge in [-0.3, -0.25) is 4.79 Å². The van der Waals surface area contributed by atoms with Gasteiger partial charge in [0, 0.05) is 18.8 Å². The minimum atomic E-state index is -0.143. The summed E-state index contributed by atoms with van der Waals surface area (Å²) in [5.74, 6) is 0.834. The van der Waals surface area contributed by atoms with Crippen LogP contribution in [0.15, 0.2) is 11.6 Å². The third-order valence-electron chi connectivity index (χ3n) is 3.97. The molecule has 1 saturated carbocycles. The predicted octanol–water partition coefficient (Wildman–Crippen LogP) is 2.54. The van der Waals surface area contributed by atoms with Gasteiger partial charge in [0.2, 0.25) is 0 Å². The van der Waals surface area contributed by atoms with E-state index in [1.807, 2.05) is 0 Å². The van der Waals surface area contributed by atoms with E-state index < -0.39 is 0 Å². The smallest absolute Gasteiger partial charge is 0.302 e. The fourth-order valence-corrected chi connectivity index (χ4v) is 3.26. The maximum Gasteiger partial charge on any atom is 0.302 e. The van der Waals surface area contributed by atoms with Crippen LogP contribution in [0.5, 0.6) is 0 Å². The van der Waals surface area contributed by atoms with Gasteiger partial charge in [0.15, 0.2) is 0 Å². The summed E-state index contributed by atoms with van der Waals surface area (Å²) in [5.41, 5.74) is 1.71. The maximum absolute atomic E-state index is 11.0. The third-order valence-corrected chi connectivity index (χ3v) is 3.97. The molecule has 0 aromatic heterocycles. The minimum absolute atomic E-state index is 0.143. The van der Waals surface area contributed by atoms with Gasteiger partial charge in [0.1, 0.15) is 6.10 Å². The Kier molecular flexibility index (Phi) is 1.98. The molecule has 0 aromatic carbocycles. The van der Waals surface area contributed by atoms with Crippen LogP contribution < -0.4 is 0 Å². The third kappa shape index (κ3) is 1.13. The standard InChI is InChI=1S/C12H18O2/c1-7-5-6-9-11(14-8(2)13)10(7)12(9,3)4/h5,9-11H,6H2,1-4H3/t9-,10+,11?/m0/s1. The van der Waals surface area contributed by atoms with Crippen molar-refractivity contribution in [1.29, 1.82) is 0 Å². The van der Waals surface area contributed by atoms with Crippen molar-refractivity contribution in [2.75, 3.05) is 0 Å². The number of carbonyl (C=O) groups is 1. The van der Waals surface area contributed by atoms with Crippen molar-refractivity contribution in [2.24, 2.45) is 17.3 Å². The molecule has 1 unspecified atom stereocenters. The van der Waals surface area contributed by atoms with Gasteiger partial charge in [0.05, 0.1) is 0 Å². The van der Waals surface area contributed by atoms with Gasteiger partial charge in [-0.25, -0.2) is 0 Å². The molecule has 14 heavy (non-hydrogen) atoms. The van der Waals surface area contributed by atoms with Crippen LogP contribution >= 0.6 is 0 Å². The van der Waals surface area contributed by atoms with Crippen LogP contribution in [-0.2, 0) is 9.53 Å². The van der Waals surface area contributed by atoms with Crippen LogP contribution in [0.4, 0.5) is 0 Å². The minimum Gasteiger partial charge on any atom is -0.462 e. The first-order valence-electron chi connectivity index (χ1n) is 5.28. The Morgan fingerprint density at radius 1 is 1.57 bits per heavy atom. The zero-order valence-corrected chi connectivity index (χ0v) is 9.33. The van der Waals surface area contributed by atoms with E-state index in [0.717, 1.165) is 6.42 Å². The molecule has 2 nitrogen and oxygen atoms in total. The highest BCUT2D eigenvalue weighted by Gasteiger charge is 2.59.